The normalized spacial score (nSPS) is 16.6. The van der Waals surface area contributed by atoms with Crippen molar-refractivity contribution in [3.8, 4) is 0 Å². The smallest absolute Gasteiger partial charge is 0.324 e. The lowest BCUT2D eigenvalue weighted by atomic mass is 10.0. The molecular weight excluding hydrogens is 481 g/mol. The maximum Gasteiger partial charge on any atom is 0.416 e. The molecular formula is C21H14BrF3N2O2S. The van der Waals surface area contributed by atoms with E-state index in [2.05, 4.69) is 21.2 Å². The van der Waals surface area contributed by atoms with Crippen molar-refractivity contribution in [2.24, 2.45) is 0 Å². The van der Waals surface area contributed by atoms with Crippen LogP contribution in [0.3, 0.4) is 0 Å². The summed E-state index contributed by atoms with van der Waals surface area (Å²) >= 11 is 4.82. The first-order chi connectivity index (χ1) is 14.2. The fourth-order valence-corrected chi connectivity index (χ4v) is 4.65. The van der Waals surface area contributed by atoms with Gasteiger partial charge in [0.25, 0.3) is 5.91 Å². The van der Waals surface area contributed by atoms with E-state index in [4.69, 9.17) is 0 Å². The lowest BCUT2D eigenvalue weighted by molar-refractivity contribution is -0.137. The van der Waals surface area contributed by atoms with Crippen LogP contribution in [-0.4, -0.2) is 23.3 Å². The van der Waals surface area contributed by atoms with Gasteiger partial charge in [0.15, 0.2) is 0 Å². The average molecular weight is 495 g/mol. The minimum atomic E-state index is -4.57. The van der Waals surface area contributed by atoms with Gasteiger partial charge in [-0.3, -0.25) is 9.59 Å². The van der Waals surface area contributed by atoms with Gasteiger partial charge in [-0.05, 0) is 47.8 Å². The molecule has 1 atom stereocenters. The van der Waals surface area contributed by atoms with Crippen LogP contribution >= 0.6 is 27.3 Å². The van der Waals surface area contributed by atoms with Crippen LogP contribution in [0.5, 0.6) is 0 Å². The standard InChI is InChI=1S/C21H14BrF3N2O2S/c22-14-6-7-16-15(10-14)19(17-5-2-8-30-17)27(11-18(28)26-16)20(29)12-3-1-4-13(9-12)21(23,24)25/h1-10,19H,11H2,(H,26,28). The second-order valence-corrected chi connectivity index (χ2v) is 8.60. The summed E-state index contributed by atoms with van der Waals surface area (Å²) in [5.41, 5.74) is 0.194. The number of benzene rings is 2. The minimum Gasteiger partial charge on any atom is -0.324 e. The van der Waals surface area contributed by atoms with Gasteiger partial charge in [0.2, 0.25) is 5.91 Å². The molecule has 2 amide bonds. The summed E-state index contributed by atoms with van der Waals surface area (Å²) in [5, 5.41) is 4.63. The van der Waals surface area contributed by atoms with Gasteiger partial charge >= 0.3 is 6.18 Å². The number of anilines is 1. The summed E-state index contributed by atoms with van der Waals surface area (Å²) < 4.78 is 40.2. The van der Waals surface area contributed by atoms with Gasteiger partial charge in [-0.15, -0.1) is 11.3 Å². The molecule has 0 bridgehead atoms. The van der Waals surface area contributed by atoms with Crippen molar-refractivity contribution in [3.05, 3.63) is 86.0 Å². The zero-order chi connectivity index (χ0) is 21.5. The zero-order valence-corrected chi connectivity index (χ0v) is 17.6. The van der Waals surface area contributed by atoms with E-state index in [1.807, 2.05) is 17.5 Å². The molecule has 1 aromatic heterocycles. The number of hydrogen-bond donors (Lipinski definition) is 1. The molecule has 3 aromatic rings. The zero-order valence-electron chi connectivity index (χ0n) is 15.2. The van der Waals surface area contributed by atoms with E-state index in [9.17, 15) is 22.8 Å². The summed E-state index contributed by atoms with van der Waals surface area (Å²) in [5.74, 6) is -1.07. The number of thiophene rings is 1. The van der Waals surface area contributed by atoms with Crippen LogP contribution in [0, 0.1) is 0 Å². The van der Waals surface area contributed by atoms with E-state index in [1.54, 1.807) is 18.2 Å². The Balaban J connectivity index is 1.84. The number of alkyl halides is 3. The fraction of sp³-hybridized carbons (Fsp3) is 0.143. The van der Waals surface area contributed by atoms with Crippen molar-refractivity contribution in [2.75, 3.05) is 11.9 Å². The second kappa shape index (κ2) is 7.88. The van der Waals surface area contributed by atoms with E-state index < -0.39 is 29.6 Å². The van der Waals surface area contributed by atoms with Gasteiger partial charge < -0.3 is 10.2 Å². The van der Waals surface area contributed by atoms with Crippen molar-refractivity contribution < 1.29 is 22.8 Å². The Morgan fingerprint density at radius 3 is 2.63 bits per heavy atom. The van der Waals surface area contributed by atoms with Crippen LogP contribution in [-0.2, 0) is 11.0 Å². The van der Waals surface area contributed by atoms with Gasteiger partial charge in [0.1, 0.15) is 6.54 Å². The van der Waals surface area contributed by atoms with Gasteiger partial charge in [-0.1, -0.05) is 28.1 Å². The number of carbonyl (C=O) groups excluding carboxylic acids is 2. The topological polar surface area (TPSA) is 49.4 Å². The van der Waals surface area contributed by atoms with Gasteiger partial charge in [0, 0.05) is 26.2 Å². The molecule has 1 N–H and O–H groups in total. The van der Waals surface area contributed by atoms with Gasteiger partial charge in [-0.2, -0.15) is 13.2 Å². The number of carbonyl (C=O) groups is 2. The Bertz CT molecular complexity index is 1120. The molecule has 0 saturated carbocycles. The number of nitrogens with one attached hydrogen (secondary N) is 1. The van der Waals surface area contributed by atoms with Crippen molar-refractivity contribution >= 4 is 44.8 Å². The van der Waals surface area contributed by atoms with Crippen LogP contribution in [0.2, 0.25) is 0 Å². The number of halogens is 4. The molecule has 2 heterocycles. The fourth-order valence-electron chi connectivity index (χ4n) is 3.41. The Labute approximate surface area is 182 Å². The maximum atomic E-state index is 13.3. The number of amides is 2. The molecule has 2 aromatic carbocycles. The summed E-state index contributed by atoms with van der Waals surface area (Å²) in [6, 6.07) is 12.6. The highest BCUT2D eigenvalue weighted by molar-refractivity contribution is 9.10. The summed E-state index contributed by atoms with van der Waals surface area (Å²) in [6.07, 6.45) is -4.57. The van der Waals surface area contributed by atoms with Crippen LogP contribution < -0.4 is 5.32 Å². The molecule has 0 fully saturated rings. The number of rotatable bonds is 2. The molecule has 0 aliphatic carbocycles. The summed E-state index contributed by atoms with van der Waals surface area (Å²) in [4.78, 5) is 28.0. The van der Waals surface area contributed by atoms with E-state index in [0.717, 1.165) is 21.5 Å². The third kappa shape index (κ3) is 3.99. The highest BCUT2D eigenvalue weighted by atomic mass is 79.9. The quantitative estimate of drug-likeness (QED) is 0.495. The summed E-state index contributed by atoms with van der Waals surface area (Å²) in [7, 11) is 0. The van der Waals surface area contributed by atoms with Crippen LogP contribution in [0.4, 0.5) is 18.9 Å². The first kappa shape index (κ1) is 20.6. The number of hydrogen-bond acceptors (Lipinski definition) is 3. The number of fused-ring (bicyclic) bond motifs is 1. The summed E-state index contributed by atoms with van der Waals surface area (Å²) in [6.45, 7) is -0.288. The van der Waals surface area contributed by atoms with Crippen LogP contribution in [0.25, 0.3) is 0 Å². The highest BCUT2D eigenvalue weighted by Crippen LogP contribution is 2.40. The van der Waals surface area contributed by atoms with Gasteiger partial charge in [0.05, 0.1) is 11.6 Å². The minimum absolute atomic E-state index is 0.127. The van der Waals surface area contributed by atoms with E-state index in [0.29, 0.717) is 11.3 Å². The third-order valence-electron chi connectivity index (χ3n) is 4.72. The Morgan fingerprint density at radius 2 is 1.93 bits per heavy atom. The van der Waals surface area contributed by atoms with Crippen molar-refractivity contribution in [1.82, 2.24) is 4.90 Å². The van der Waals surface area contributed by atoms with E-state index in [1.165, 1.54) is 28.4 Å². The molecule has 4 nitrogen and oxygen atoms in total. The Hall–Kier alpha value is -2.65. The molecule has 0 saturated heterocycles. The van der Waals surface area contributed by atoms with Crippen LogP contribution in [0.15, 0.2) is 64.5 Å². The monoisotopic (exact) mass is 494 g/mol. The third-order valence-corrected chi connectivity index (χ3v) is 6.14. The van der Waals surface area contributed by atoms with Crippen LogP contribution in [0.1, 0.15) is 32.4 Å². The Morgan fingerprint density at radius 1 is 1.13 bits per heavy atom. The lowest BCUT2D eigenvalue weighted by Crippen LogP contribution is -2.38. The molecule has 9 heteroatoms. The van der Waals surface area contributed by atoms with E-state index >= 15 is 0 Å². The average Bonchev–Trinajstić information content (AvgIpc) is 3.18. The lowest BCUT2D eigenvalue weighted by Gasteiger charge is -2.29. The molecule has 0 radical (unpaired) electrons. The largest absolute Gasteiger partial charge is 0.416 e. The number of nitrogens with zero attached hydrogens (tertiary/aromatic N) is 1. The molecule has 1 aliphatic heterocycles. The van der Waals surface area contributed by atoms with Gasteiger partial charge in [-0.25, -0.2) is 0 Å². The Kier molecular flexibility index (Phi) is 5.42. The second-order valence-electron chi connectivity index (χ2n) is 6.71. The first-order valence-electron chi connectivity index (χ1n) is 8.85. The van der Waals surface area contributed by atoms with Crippen molar-refractivity contribution in [2.45, 2.75) is 12.2 Å². The molecule has 4 rings (SSSR count). The predicted molar refractivity (Wildman–Crippen MR) is 111 cm³/mol. The van der Waals surface area contributed by atoms with Crippen molar-refractivity contribution in [3.63, 3.8) is 0 Å². The molecule has 0 spiro atoms. The molecule has 1 aliphatic rings. The van der Waals surface area contributed by atoms with E-state index in [-0.39, 0.29) is 12.1 Å². The molecule has 154 valence electrons. The highest BCUT2D eigenvalue weighted by Gasteiger charge is 2.36. The first-order valence-corrected chi connectivity index (χ1v) is 10.5. The van der Waals surface area contributed by atoms with Crippen molar-refractivity contribution in [1.29, 1.82) is 0 Å². The SMILES string of the molecule is O=C1CN(C(=O)c2cccc(C(F)(F)F)c2)C(c2cccs2)c2cc(Br)ccc2N1. The maximum absolute atomic E-state index is 13.3. The predicted octanol–water partition coefficient (Wildman–Crippen LogP) is 5.71. The molecule has 30 heavy (non-hydrogen) atoms. The molecule has 1 unspecified atom stereocenters.